The molecule has 0 aromatic heterocycles. The van der Waals surface area contributed by atoms with Crippen molar-refractivity contribution in [2.24, 2.45) is 0 Å². The average Bonchev–Trinajstić information content (AvgIpc) is 2.73. The van der Waals surface area contributed by atoms with Crippen molar-refractivity contribution in [1.82, 2.24) is 0 Å². The van der Waals surface area contributed by atoms with Crippen molar-refractivity contribution in [3.8, 4) is 5.75 Å². The van der Waals surface area contributed by atoms with Crippen LogP contribution in [0.2, 0.25) is 10.0 Å². The fourth-order valence-corrected chi connectivity index (χ4v) is 3.01. The van der Waals surface area contributed by atoms with Gasteiger partial charge in [0.2, 0.25) is 0 Å². The lowest BCUT2D eigenvalue weighted by atomic mass is 10.1. The monoisotopic (exact) mass is 422 g/mol. The number of rotatable bonds is 6. The first kappa shape index (κ1) is 20.6. The number of ketones is 1. The van der Waals surface area contributed by atoms with Gasteiger partial charge in [0.15, 0.2) is 5.78 Å². The highest BCUT2D eigenvalue weighted by atomic mass is 35.5. The molecule has 5 heteroatoms. The number of halogens is 2. The molecule has 0 aliphatic carbocycles. The summed E-state index contributed by atoms with van der Waals surface area (Å²) in [4.78, 5) is 24.3. The Balaban J connectivity index is 1.62. The first-order valence-corrected chi connectivity index (χ1v) is 9.50. The molecule has 0 saturated carbocycles. The van der Waals surface area contributed by atoms with E-state index in [0.717, 1.165) is 5.56 Å². The Morgan fingerprint density at radius 2 is 1.38 bits per heavy atom. The summed E-state index contributed by atoms with van der Waals surface area (Å²) in [7, 11) is 0. The van der Waals surface area contributed by atoms with E-state index < -0.39 is 5.97 Å². The Labute approximate surface area is 178 Å². The van der Waals surface area contributed by atoms with Crippen LogP contribution in [0.5, 0.6) is 5.75 Å². The van der Waals surface area contributed by atoms with E-state index in [0.29, 0.717) is 26.9 Å². The zero-order valence-electron chi connectivity index (χ0n) is 15.2. The Bertz CT molecular complexity index is 1050. The Kier molecular flexibility index (Phi) is 7.01. The molecule has 29 heavy (non-hydrogen) atoms. The Hall–Kier alpha value is -3.14. The van der Waals surface area contributed by atoms with Crippen molar-refractivity contribution in [2.75, 3.05) is 0 Å². The van der Waals surface area contributed by atoms with Crippen LogP contribution in [0.25, 0.3) is 12.2 Å². The summed E-state index contributed by atoms with van der Waals surface area (Å²) in [5.74, 6) is -0.369. The lowest BCUT2D eigenvalue weighted by molar-refractivity contribution is -0.128. The number of benzene rings is 3. The average molecular weight is 423 g/mol. The number of esters is 1. The van der Waals surface area contributed by atoms with E-state index in [1.54, 1.807) is 54.6 Å². The Morgan fingerprint density at radius 1 is 0.724 bits per heavy atom. The molecule has 0 saturated heterocycles. The van der Waals surface area contributed by atoms with Crippen LogP contribution in [-0.4, -0.2) is 11.8 Å². The van der Waals surface area contributed by atoms with Crippen LogP contribution in [-0.2, 0) is 4.79 Å². The number of hydrogen-bond donors (Lipinski definition) is 0. The summed E-state index contributed by atoms with van der Waals surface area (Å²) in [6, 6.07) is 20.9. The fraction of sp³-hybridized carbons (Fsp3) is 0. The first-order chi connectivity index (χ1) is 14.0. The third kappa shape index (κ3) is 5.92. The molecule has 3 aromatic carbocycles. The zero-order valence-corrected chi connectivity index (χ0v) is 16.7. The van der Waals surface area contributed by atoms with E-state index in [4.69, 9.17) is 27.9 Å². The summed E-state index contributed by atoms with van der Waals surface area (Å²) in [5.41, 5.74) is 1.93. The van der Waals surface area contributed by atoms with Crippen molar-refractivity contribution in [3.63, 3.8) is 0 Å². The first-order valence-electron chi connectivity index (χ1n) is 8.74. The molecule has 0 amide bonds. The maximum Gasteiger partial charge on any atom is 0.336 e. The number of hydrogen-bond acceptors (Lipinski definition) is 3. The maximum atomic E-state index is 12.3. The van der Waals surface area contributed by atoms with Crippen LogP contribution in [0.1, 0.15) is 21.5 Å². The van der Waals surface area contributed by atoms with Gasteiger partial charge in [-0.3, -0.25) is 4.79 Å². The number of ether oxygens (including phenoxy) is 1. The molecule has 0 atom stereocenters. The molecule has 0 fully saturated rings. The largest absolute Gasteiger partial charge is 0.423 e. The summed E-state index contributed by atoms with van der Waals surface area (Å²) < 4.78 is 5.24. The molecule has 0 spiro atoms. The van der Waals surface area contributed by atoms with Gasteiger partial charge in [0, 0.05) is 27.2 Å². The zero-order chi connectivity index (χ0) is 20.6. The summed E-state index contributed by atoms with van der Waals surface area (Å²) in [5, 5.41) is 0.930. The molecule has 3 nitrogen and oxygen atoms in total. The molecular formula is C24H16Cl2O3. The molecule has 0 heterocycles. The quantitative estimate of drug-likeness (QED) is 0.197. The molecular weight excluding hydrogens is 407 g/mol. The van der Waals surface area contributed by atoms with Gasteiger partial charge in [-0.05, 0) is 60.2 Å². The van der Waals surface area contributed by atoms with Gasteiger partial charge in [-0.2, -0.15) is 0 Å². The van der Waals surface area contributed by atoms with Gasteiger partial charge in [0.25, 0.3) is 0 Å². The predicted molar refractivity (Wildman–Crippen MR) is 117 cm³/mol. The molecule has 0 N–H and O–H groups in total. The van der Waals surface area contributed by atoms with Gasteiger partial charge in [-0.15, -0.1) is 0 Å². The molecule has 0 aliphatic heterocycles. The highest BCUT2D eigenvalue weighted by Gasteiger charge is 2.06. The van der Waals surface area contributed by atoms with E-state index in [1.807, 2.05) is 30.3 Å². The smallest absolute Gasteiger partial charge is 0.336 e. The van der Waals surface area contributed by atoms with E-state index >= 15 is 0 Å². The van der Waals surface area contributed by atoms with Gasteiger partial charge >= 0.3 is 5.97 Å². The lowest BCUT2D eigenvalue weighted by Gasteiger charge is -2.03. The van der Waals surface area contributed by atoms with Gasteiger partial charge in [0.1, 0.15) is 5.75 Å². The molecule has 0 bridgehead atoms. The minimum absolute atomic E-state index is 0.220. The highest BCUT2D eigenvalue weighted by molar-refractivity contribution is 6.37. The van der Waals surface area contributed by atoms with Gasteiger partial charge in [0.05, 0.1) is 0 Å². The van der Waals surface area contributed by atoms with Crippen LogP contribution in [0.15, 0.2) is 84.9 Å². The lowest BCUT2D eigenvalue weighted by Crippen LogP contribution is -2.04. The van der Waals surface area contributed by atoms with Gasteiger partial charge in [-0.1, -0.05) is 59.6 Å². The number of allylic oxidation sites excluding steroid dienone is 1. The summed E-state index contributed by atoms with van der Waals surface area (Å²) in [6.45, 7) is 0. The second-order valence-corrected chi connectivity index (χ2v) is 6.84. The number of carbonyl (C=O) groups is 2. The van der Waals surface area contributed by atoms with Gasteiger partial charge in [-0.25, -0.2) is 4.79 Å². The molecule has 0 aliphatic rings. The fourth-order valence-electron chi connectivity index (χ4n) is 2.49. The van der Waals surface area contributed by atoms with E-state index in [2.05, 4.69) is 0 Å². The number of carbonyl (C=O) groups excluding carboxylic acids is 2. The van der Waals surface area contributed by atoms with E-state index in [1.165, 1.54) is 12.2 Å². The normalized spacial score (nSPS) is 11.1. The van der Waals surface area contributed by atoms with E-state index in [-0.39, 0.29) is 5.78 Å². The van der Waals surface area contributed by atoms with Crippen molar-refractivity contribution in [3.05, 3.63) is 112 Å². The van der Waals surface area contributed by atoms with Crippen molar-refractivity contribution < 1.29 is 14.3 Å². The van der Waals surface area contributed by atoms with Gasteiger partial charge < -0.3 is 4.74 Å². The minimum atomic E-state index is -0.499. The van der Waals surface area contributed by atoms with E-state index in [9.17, 15) is 9.59 Å². The maximum absolute atomic E-state index is 12.3. The van der Waals surface area contributed by atoms with Crippen LogP contribution in [0.3, 0.4) is 0 Å². The second kappa shape index (κ2) is 9.87. The van der Waals surface area contributed by atoms with Crippen LogP contribution in [0, 0.1) is 0 Å². The summed E-state index contributed by atoms with van der Waals surface area (Å²) in [6.07, 6.45) is 6.00. The van der Waals surface area contributed by atoms with Crippen molar-refractivity contribution in [2.45, 2.75) is 0 Å². The van der Waals surface area contributed by atoms with Crippen molar-refractivity contribution >= 4 is 47.1 Å². The third-order valence-corrected chi connectivity index (χ3v) is 4.63. The molecule has 3 rings (SSSR count). The van der Waals surface area contributed by atoms with Crippen LogP contribution >= 0.6 is 23.2 Å². The predicted octanol–water partition coefficient (Wildman–Crippen LogP) is 6.51. The highest BCUT2D eigenvalue weighted by Crippen LogP contribution is 2.25. The molecule has 0 radical (unpaired) electrons. The SMILES string of the molecule is O=C(/C=C/c1ccccc1)Oc1ccc(C(=O)/C=C/c2c(Cl)cccc2Cl)cc1. The van der Waals surface area contributed by atoms with Crippen LogP contribution in [0.4, 0.5) is 0 Å². The Morgan fingerprint density at radius 3 is 2.03 bits per heavy atom. The minimum Gasteiger partial charge on any atom is -0.423 e. The van der Waals surface area contributed by atoms with Crippen molar-refractivity contribution in [1.29, 1.82) is 0 Å². The molecule has 144 valence electrons. The molecule has 3 aromatic rings. The van der Waals surface area contributed by atoms with Crippen LogP contribution < -0.4 is 4.74 Å². The molecule has 0 unspecified atom stereocenters. The standard InChI is InChI=1S/C24H16Cl2O3/c25-21-7-4-8-22(26)20(21)14-15-23(27)18-10-12-19(13-11-18)29-24(28)16-9-17-5-2-1-3-6-17/h1-16H/b15-14+,16-9+. The second-order valence-electron chi connectivity index (χ2n) is 6.02. The topological polar surface area (TPSA) is 43.4 Å². The summed E-state index contributed by atoms with van der Waals surface area (Å²) >= 11 is 12.2. The third-order valence-electron chi connectivity index (χ3n) is 3.97.